The zero-order chi connectivity index (χ0) is 15.6. The van der Waals surface area contributed by atoms with E-state index < -0.39 is 11.9 Å². The van der Waals surface area contributed by atoms with E-state index in [4.69, 9.17) is 5.84 Å². The molecule has 0 spiro atoms. The van der Waals surface area contributed by atoms with E-state index in [9.17, 15) is 14.4 Å². The Morgan fingerprint density at radius 2 is 2.24 bits per heavy atom. The van der Waals surface area contributed by atoms with Gasteiger partial charge in [0, 0.05) is 12.1 Å². The van der Waals surface area contributed by atoms with Gasteiger partial charge in [-0.25, -0.2) is 10.9 Å². The van der Waals surface area contributed by atoms with Crippen LogP contribution in [0.1, 0.15) is 41.3 Å². The minimum atomic E-state index is -0.703. The van der Waals surface area contributed by atoms with Crippen molar-refractivity contribution in [2.45, 2.75) is 39.3 Å². The van der Waals surface area contributed by atoms with Crippen LogP contribution in [-0.2, 0) is 16.1 Å². The third-order valence-corrected chi connectivity index (χ3v) is 3.68. The number of aryl methyl sites for hydroxylation is 1. The summed E-state index contributed by atoms with van der Waals surface area (Å²) in [5, 5.41) is 0.516. The number of benzene rings is 1. The molecule has 0 fully saturated rings. The standard InChI is InChI=1S/C15H19N3O3/c1-3-4-13(15(21)18(16)9-19)17-8-11-7-10(2)5-6-12(11)14(17)20/h5-7,9,13H,3-4,8,16H2,1-2H3. The van der Waals surface area contributed by atoms with Gasteiger partial charge in [-0.05, 0) is 25.0 Å². The normalized spacial score (nSPS) is 14.8. The molecule has 3 amide bonds. The summed E-state index contributed by atoms with van der Waals surface area (Å²) in [4.78, 5) is 36.8. The average Bonchev–Trinajstić information content (AvgIpc) is 2.79. The van der Waals surface area contributed by atoms with Crippen LogP contribution in [0.3, 0.4) is 0 Å². The van der Waals surface area contributed by atoms with Crippen LogP contribution in [0.15, 0.2) is 18.2 Å². The first-order valence-corrected chi connectivity index (χ1v) is 6.93. The van der Waals surface area contributed by atoms with Crippen molar-refractivity contribution in [3.8, 4) is 0 Å². The highest BCUT2D eigenvalue weighted by Gasteiger charge is 2.37. The molecule has 1 atom stereocenters. The van der Waals surface area contributed by atoms with Gasteiger partial charge in [0.2, 0.25) is 6.41 Å². The number of rotatable bonds is 5. The van der Waals surface area contributed by atoms with Crippen LogP contribution < -0.4 is 5.84 Å². The van der Waals surface area contributed by atoms with Gasteiger partial charge < -0.3 is 4.90 Å². The van der Waals surface area contributed by atoms with E-state index in [1.165, 1.54) is 4.90 Å². The average molecular weight is 289 g/mol. The molecule has 2 N–H and O–H groups in total. The van der Waals surface area contributed by atoms with E-state index in [0.29, 0.717) is 30.0 Å². The molecule has 1 aromatic carbocycles. The van der Waals surface area contributed by atoms with Gasteiger partial charge >= 0.3 is 0 Å². The van der Waals surface area contributed by atoms with E-state index >= 15 is 0 Å². The minimum absolute atomic E-state index is 0.184. The van der Waals surface area contributed by atoms with Gasteiger partial charge in [0.15, 0.2) is 0 Å². The largest absolute Gasteiger partial charge is 0.322 e. The van der Waals surface area contributed by atoms with Crippen LogP contribution in [0, 0.1) is 6.92 Å². The zero-order valence-electron chi connectivity index (χ0n) is 12.2. The Balaban J connectivity index is 2.29. The highest BCUT2D eigenvalue weighted by Crippen LogP contribution is 2.27. The van der Waals surface area contributed by atoms with Gasteiger partial charge in [-0.1, -0.05) is 31.0 Å². The van der Waals surface area contributed by atoms with Gasteiger partial charge in [-0.2, -0.15) is 0 Å². The molecule has 6 nitrogen and oxygen atoms in total. The molecular weight excluding hydrogens is 270 g/mol. The molecule has 6 heteroatoms. The van der Waals surface area contributed by atoms with E-state index in [1.54, 1.807) is 6.07 Å². The summed E-state index contributed by atoms with van der Waals surface area (Å²) in [5.41, 5.74) is 2.59. The van der Waals surface area contributed by atoms with Gasteiger partial charge in [0.25, 0.3) is 11.8 Å². The molecule has 1 heterocycles. The van der Waals surface area contributed by atoms with Crippen molar-refractivity contribution in [1.29, 1.82) is 0 Å². The Morgan fingerprint density at radius 1 is 1.52 bits per heavy atom. The molecule has 21 heavy (non-hydrogen) atoms. The number of amides is 3. The highest BCUT2D eigenvalue weighted by molar-refractivity contribution is 6.02. The summed E-state index contributed by atoms with van der Waals surface area (Å²) < 4.78 is 0. The summed E-state index contributed by atoms with van der Waals surface area (Å²) in [7, 11) is 0. The molecule has 0 saturated heterocycles. The summed E-state index contributed by atoms with van der Waals surface area (Å²) in [6.45, 7) is 4.24. The van der Waals surface area contributed by atoms with Crippen molar-refractivity contribution in [2.24, 2.45) is 5.84 Å². The Morgan fingerprint density at radius 3 is 2.86 bits per heavy atom. The topological polar surface area (TPSA) is 83.7 Å². The molecule has 2 rings (SSSR count). The second-order valence-electron chi connectivity index (χ2n) is 5.25. The number of imide groups is 1. The maximum Gasteiger partial charge on any atom is 0.266 e. The summed E-state index contributed by atoms with van der Waals surface area (Å²) in [6, 6.07) is 4.89. The zero-order valence-corrected chi connectivity index (χ0v) is 12.2. The number of hydrogen-bond donors (Lipinski definition) is 1. The van der Waals surface area contributed by atoms with Crippen LogP contribution >= 0.6 is 0 Å². The molecule has 1 aliphatic rings. The molecule has 0 aromatic heterocycles. The first-order valence-electron chi connectivity index (χ1n) is 6.93. The van der Waals surface area contributed by atoms with Crippen molar-refractivity contribution in [1.82, 2.24) is 9.91 Å². The van der Waals surface area contributed by atoms with E-state index in [2.05, 4.69) is 0 Å². The molecule has 1 aliphatic heterocycles. The smallest absolute Gasteiger partial charge is 0.266 e. The molecule has 112 valence electrons. The number of carbonyl (C=O) groups is 3. The van der Waals surface area contributed by atoms with Crippen LogP contribution in [-0.4, -0.2) is 34.2 Å². The van der Waals surface area contributed by atoms with Crippen LogP contribution in [0.5, 0.6) is 0 Å². The Bertz CT molecular complexity index is 586. The lowest BCUT2D eigenvalue weighted by Gasteiger charge is -2.27. The molecule has 0 saturated carbocycles. The number of fused-ring (bicyclic) bond motifs is 1. The van der Waals surface area contributed by atoms with Gasteiger partial charge in [-0.3, -0.25) is 14.4 Å². The fourth-order valence-electron chi connectivity index (χ4n) is 2.63. The number of hydrogen-bond acceptors (Lipinski definition) is 4. The van der Waals surface area contributed by atoms with Crippen molar-refractivity contribution in [3.05, 3.63) is 34.9 Å². The third kappa shape index (κ3) is 2.80. The summed E-state index contributed by atoms with van der Waals surface area (Å²) in [5.74, 6) is 4.63. The number of carbonyl (C=O) groups excluding carboxylic acids is 3. The lowest BCUT2D eigenvalue weighted by Crippen LogP contribution is -2.50. The first-order chi connectivity index (χ1) is 9.99. The van der Waals surface area contributed by atoms with Gasteiger partial charge in [0.1, 0.15) is 6.04 Å². The second kappa shape index (κ2) is 6.05. The predicted molar refractivity (Wildman–Crippen MR) is 76.8 cm³/mol. The Labute approximate surface area is 123 Å². The molecule has 0 aliphatic carbocycles. The van der Waals surface area contributed by atoms with Crippen molar-refractivity contribution < 1.29 is 14.4 Å². The van der Waals surface area contributed by atoms with E-state index in [1.807, 2.05) is 26.0 Å². The molecule has 1 aromatic rings. The van der Waals surface area contributed by atoms with Crippen LogP contribution in [0.25, 0.3) is 0 Å². The summed E-state index contributed by atoms with van der Waals surface area (Å²) >= 11 is 0. The monoisotopic (exact) mass is 289 g/mol. The SMILES string of the molecule is CCCC(C(=O)N(N)C=O)N1Cc2cc(C)ccc2C1=O. The first kappa shape index (κ1) is 15.2. The summed E-state index contributed by atoms with van der Waals surface area (Å²) in [6.07, 6.45) is 1.45. The third-order valence-electron chi connectivity index (χ3n) is 3.68. The fraction of sp³-hybridized carbons (Fsp3) is 0.400. The second-order valence-corrected chi connectivity index (χ2v) is 5.25. The highest BCUT2D eigenvalue weighted by atomic mass is 16.2. The van der Waals surface area contributed by atoms with E-state index in [-0.39, 0.29) is 12.3 Å². The van der Waals surface area contributed by atoms with Gasteiger partial charge in [-0.15, -0.1) is 0 Å². The lowest BCUT2D eigenvalue weighted by molar-refractivity contribution is -0.142. The molecule has 0 radical (unpaired) electrons. The van der Waals surface area contributed by atoms with Crippen molar-refractivity contribution in [2.75, 3.05) is 0 Å². The number of nitrogens with zero attached hydrogens (tertiary/aromatic N) is 2. The lowest BCUT2D eigenvalue weighted by atomic mass is 10.1. The van der Waals surface area contributed by atoms with Crippen molar-refractivity contribution >= 4 is 18.2 Å². The maximum atomic E-state index is 12.5. The molecule has 0 bridgehead atoms. The Hall–Kier alpha value is -2.21. The van der Waals surface area contributed by atoms with Crippen LogP contribution in [0.2, 0.25) is 0 Å². The number of hydrazine groups is 1. The van der Waals surface area contributed by atoms with Crippen molar-refractivity contribution in [3.63, 3.8) is 0 Å². The number of nitrogens with two attached hydrogens (primary N) is 1. The van der Waals surface area contributed by atoms with E-state index in [0.717, 1.165) is 11.1 Å². The molecular formula is C15H19N3O3. The molecule has 1 unspecified atom stereocenters. The quantitative estimate of drug-likeness (QED) is 0.379. The Kier molecular flexibility index (Phi) is 4.37. The predicted octanol–water partition coefficient (Wildman–Crippen LogP) is 0.978. The fourth-order valence-corrected chi connectivity index (χ4v) is 2.63. The van der Waals surface area contributed by atoms with Gasteiger partial charge in [0.05, 0.1) is 0 Å². The minimum Gasteiger partial charge on any atom is -0.322 e. The van der Waals surface area contributed by atoms with Crippen LogP contribution in [0.4, 0.5) is 0 Å². The maximum absolute atomic E-state index is 12.5.